The molecule has 7 heteroatoms. The monoisotopic (exact) mass is 290 g/mol. The minimum Gasteiger partial charge on any atom is -0.355 e. The van der Waals surface area contributed by atoms with Crippen LogP contribution in [0.4, 0.5) is 0 Å². The Morgan fingerprint density at radius 2 is 1.89 bits per heavy atom. The molecule has 0 spiro atoms. The van der Waals surface area contributed by atoms with Crippen LogP contribution < -0.4 is 10.6 Å². The summed E-state index contributed by atoms with van der Waals surface area (Å²) in [4.78, 5) is 23.1. The van der Waals surface area contributed by atoms with Crippen molar-refractivity contribution in [3.05, 3.63) is 0 Å². The van der Waals surface area contributed by atoms with Gasteiger partial charge in [0.2, 0.25) is 11.8 Å². The van der Waals surface area contributed by atoms with E-state index in [2.05, 4.69) is 10.6 Å². The van der Waals surface area contributed by atoms with Crippen molar-refractivity contribution in [2.45, 2.75) is 39.7 Å². The molecule has 110 valence electrons. The Hall–Kier alpha value is -1.11. The van der Waals surface area contributed by atoms with E-state index in [4.69, 9.17) is 0 Å². The molecule has 1 rings (SSSR count). The van der Waals surface area contributed by atoms with Crippen molar-refractivity contribution in [2.75, 3.05) is 18.1 Å². The lowest BCUT2D eigenvalue weighted by Gasteiger charge is -2.17. The van der Waals surface area contributed by atoms with E-state index in [9.17, 15) is 18.0 Å². The number of rotatable bonds is 4. The molecular weight excluding hydrogens is 268 g/mol. The lowest BCUT2D eigenvalue weighted by atomic mass is 9.96. The van der Waals surface area contributed by atoms with Crippen molar-refractivity contribution in [3.63, 3.8) is 0 Å². The molecule has 19 heavy (non-hydrogen) atoms. The van der Waals surface area contributed by atoms with Crippen LogP contribution in [0.1, 0.15) is 33.6 Å². The van der Waals surface area contributed by atoms with Crippen LogP contribution in [0.3, 0.4) is 0 Å². The molecule has 2 N–H and O–H groups in total. The lowest BCUT2D eigenvalue weighted by molar-refractivity contribution is -0.128. The largest absolute Gasteiger partial charge is 0.355 e. The maximum absolute atomic E-state index is 11.6. The van der Waals surface area contributed by atoms with Crippen LogP contribution in [0.25, 0.3) is 0 Å². The fraction of sp³-hybridized carbons (Fsp3) is 0.833. The molecule has 1 aliphatic rings. The van der Waals surface area contributed by atoms with Crippen LogP contribution in [0.2, 0.25) is 0 Å². The highest BCUT2D eigenvalue weighted by Gasteiger charge is 2.28. The molecule has 0 saturated carbocycles. The van der Waals surface area contributed by atoms with Crippen LogP contribution in [0, 0.1) is 5.41 Å². The van der Waals surface area contributed by atoms with E-state index in [1.807, 2.05) is 0 Å². The minimum atomic E-state index is -2.98. The Labute approximate surface area is 114 Å². The van der Waals surface area contributed by atoms with Gasteiger partial charge >= 0.3 is 0 Å². The molecule has 0 aliphatic carbocycles. The first kappa shape index (κ1) is 15.9. The maximum Gasteiger partial charge on any atom is 0.225 e. The van der Waals surface area contributed by atoms with E-state index in [1.54, 1.807) is 20.8 Å². The van der Waals surface area contributed by atoms with Crippen LogP contribution in [0.15, 0.2) is 0 Å². The third kappa shape index (κ3) is 5.59. The molecule has 1 aliphatic heterocycles. The van der Waals surface area contributed by atoms with Crippen molar-refractivity contribution < 1.29 is 18.0 Å². The molecule has 0 aromatic carbocycles. The molecule has 1 atom stereocenters. The van der Waals surface area contributed by atoms with Crippen LogP contribution in [-0.2, 0) is 19.4 Å². The Morgan fingerprint density at radius 1 is 1.26 bits per heavy atom. The molecule has 0 bridgehead atoms. The van der Waals surface area contributed by atoms with Gasteiger partial charge in [0.15, 0.2) is 9.84 Å². The third-order valence-corrected chi connectivity index (χ3v) is 4.68. The van der Waals surface area contributed by atoms with Crippen molar-refractivity contribution in [3.8, 4) is 0 Å². The Balaban J connectivity index is 2.24. The van der Waals surface area contributed by atoms with Crippen LogP contribution in [0.5, 0.6) is 0 Å². The van der Waals surface area contributed by atoms with Crippen molar-refractivity contribution in [2.24, 2.45) is 5.41 Å². The van der Waals surface area contributed by atoms with E-state index >= 15 is 0 Å². The Kier molecular flexibility index (Phi) is 4.95. The molecule has 0 radical (unpaired) electrons. The summed E-state index contributed by atoms with van der Waals surface area (Å²) in [6.45, 7) is 5.66. The number of amides is 2. The van der Waals surface area contributed by atoms with Crippen molar-refractivity contribution in [1.29, 1.82) is 0 Å². The molecule has 1 saturated heterocycles. The van der Waals surface area contributed by atoms with Gasteiger partial charge in [0.1, 0.15) is 0 Å². The summed E-state index contributed by atoms with van der Waals surface area (Å²) in [5.74, 6) is -0.175. The lowest BCUT2D eigenvalue weighted by Crippen LogP contribution is -2.40. The third-order valence-electron chi connectivity index (χ3n) is 2.92. The summed E-state index contributed by atoms with van der Waals surface area (Å²) in [5.41, 5.74) is -0.476. The standard InChI is InChI=1S/C12H22N2O4S/c1-12(2,3)11(16)13-6-4-10(15)14-9-5-7-19(17,18)8-9/h9H,4-8H2,1-3H3,(H,13,16)(H,14,15)/t9-/m0/s1. The second-order valence-corrected chi connectivity index (χ2v) is 8.15. The average molecular weight is 290 g/mol. The average Bonchev–Trinajstić information content (AvgIpc) is 2.56. The van der Waals surface area contributed by atoms with E-state index in [-0.39, 0.29) is 42.3 Å². The maximum atomic E-state index is 11.6. The van der Waals surface area contributed by atoms with Gasteiger partial charge in [0, 0.05) is 24.4 Å². The predicted molar refractivity (Wildman–Crippen MR) is 72.3 cm³/mol. The number of carbonyl (C=O) groups is 2. The molecular formula is C12H22N2O4S. The zero-order valence-corrected chi connectivity index (χ0v) is 12.5. The zero-order valence-electron chi connectivity index (χ0n) is 11.7. The number of hydrogen-bond donors (Lipinski definition) is 2. The van der Waals surface area contributed by atoms with Gasteiger partial charge in [-0.1, -0.05) is 20.8 Å². The first-order valence-corrected chi connectivity index (χ1v) is 8.20. The highest BCUT2D eigenvalue weighted by atomic mass is 32.2. The fourth-order valence-corrected chi connectivity index (χ4v) is 3.44. The molecule has 1 heterocycles. The van der Waals surface area contributed by atoms with Gasteiger partial charge in [-0.15, -0.1) is 0 Å². The predicted octanol–water partition coefficient (Wildman–Crippen LogP) is -0.158. The van der Waals surface area contributed by atoms with Crippen molar-refractivity contribution >= 4 is 21.7 Å². The van der Waals surface area contributed by atoms with Gasteiger partial charge in [-0.25, -0.2) is 8.42 Å². The van der Waals surface area contributed by atoms with Gasteiger partial charge in [0.05, 0.1) is 11.5 Å². The number of nitrogens with one attached hydrogen (secondary N) is 2. The Bertz CT molecular complexity index is 451. The van der Waals surface area contributed by atoms with E-state index in [1.165, 1.54) is 0 Å². The topological polar surface area (TPSA) is 92.3 Å². The van der Waals surface area contributed by atoms with Gasteiger partial charge in [-0.2, -0.15) is 0 Å². The number of hydrogen-bond acceptors (Lipinski definition) is 4. The summed E-state index contributed by atoms with van der Waals surface area (Å²) in [6, 6.07) is -0.282. The van der Waals surface area contributed by atoms with E-state index in [0.29, 0.717) is 6.42 Å². The first-order chi connectivity index (χ1) is 8.60. The summed E-state index contributed by atoms with van der Waals surface area (Å²) in [7, 11) is -2.98. The smallest absolute Gasteiger partial charge is 0.225 e. The summed E-state index contributed by atoms with van der Waals surface area (Å²) < 4.78 is 22.5. The van der Waals surface area contributed by atoms with Gasteiger partial charge in [0.25, 0.3) is 0 Å². The quantitative estimate of drug-likeness (QED) is 0.752. The summed E-state index contributed by atoms with van der Waals surface area (Å²) >= 11 is 0. The van der Waals surface area contributed by atoms with Gasteiger partial charge in [-0.05, 0) is 6.42 Å². The number of sulfone groups is 1. The van der Waals surface area contributed by atoms with E-state index in [0.717, 1.165) is 0 Å². The molecule has 0 aromatic rings. The van der Waals surface area contributed by atoms with Gasteiger partial charge in [-0.3, -0.25) is 9.59 Å². The highest BCUT2D eigenvalue weighted by molar-refractivity contribution is 7.91. The molecule has 2 amide bonds. The van der Waals surface area contributed by atoms with Gasteiger partial charge < -0.3 is 10.6 Å². The van der Waals surface area contributed by atoms with Crippen molar-refractivity contribution in [1.82, 2.24) is 10.6 Å². The second kappa shape index (κ2) is 5.90. The fourth-order valence-electron chi connectivity index (χ4n) is 1.76. The number of carbonyl (C=O) groups excluding carboxylic acids is 2. The van der Waals surface area contributed by atoms with E-state index < -0.39 is 15.3 Å². The highest BCUT2D eigenvalue weighted by Crippen LogP contribution is 2.12. The Morgan fingerprint density at radius 3 is 2.37 bits per heavy atom. The molecule has 6 nitrogen and oxygen atoms in total. The minimum absolute atomic E-state index is 0.0209. The van der Waals surface area contributed by atoms with Crippen LogP contribution in [-0.4, -0.2) is 44.3 Å². The first-order valence-electron chi connectivity index (χ1n) is 6.38. The molecule has 0 aromatic heterocycles. The molecule has 0 unspecified atom stereocenters. The SMILES string of the molecule is CC(C)(C)C(=O)NCCC(=O)N[C@H]1CCS(=O)(=O)C1. The summed E-state index contributed by atoms with van der Waals surface area (Å²) in [6.07, 6.45) is 0.640. The normalized spacial score (nSPS) is 21.9. The van der Waals surface area contributed by atoms with Crippen LogP contribution >= 0.6 is 0 Å². The zero-order chi connectivity index (χ0) is 14.7. The molecule has 1 fully saturated rings. The second-order valence-electron chi connectivity index (χ2n) is 5.92. The summed E-state index contributed by atoms with van der Waals surface area (Å²) in [5, 5.41) is 5.35.